The summed E-state index contributed by atoms with van der Waals surface area (Å²) in [5.41, 5.74) is 0.627. The number of aryl methyl sites for hydroxylation is 2. The molecule has 1 N–H and O–H groups in total. The Morgan fingerprint density at radius 2 is 1.82 bits per heavy atom. The highest BCUT2D eigenvalue weighted by Crippen LogP contribution is 2.22. The first-order valence-electron chi connectivity index (χ1n) is 7.00. The van der Waals surface area contributed by atoms with Gasteiger partial charge in [-0.15, -0.1) is 0 Å². The lowest BCUT2D eigenvalue weighted by Gasteiger charge is -2.15. The summed E-state index contributed by atoms with van der Waals surface area (Å²) in [6.45, 7) is 5.01. The first kappa shape index (κ1) is 14.8. The summed E-state index contributed by atoms with van der Waals surface area (Å²) in [5, 5.41) is 3.66. The molecule has 1 aliphatic heterocycles. The molecule has 0 aliphatic carbocycles. The molecule has 0 unspecified atom stereocenters. The van der Waals surface area contributed by atoms with Crippen LogP contribution in [0.4, 0.5) is 11.6 Å². The number of hydrogen-bond donors (Lipinski definition) is 1. The van der Waals surface area contributed by atoms with Crippen LogP contribution in [0.25, 0.3) is 0 Å². The first-order valence-corrected chi connectivity index (χ1v) is 8.48. The van der Waals surface area contributed by atoms with Crippen LogP contribution in [0.15, 0.2) is 21.8 Å². The average molecular weight is 323 g/mol. The van der Waals surface area contributed by atoms with E-state index < -0.39 is 10.0 Å². The number of sulfonamides is 1. The molecular weight excluding hydrogens is 306 g/mol. The van der Waals surface area contributed by atoms with Crippen molar-refractivity contribution < 1.29 is 12.9 Å². The van der Waals surface area contributed by atoms with Gasteiger partial charge in [0.25, 0.3) is 10.0 Å². The second-order valence-electron chi connectivity index (χ2n) is 5.22. The molecule has 0 bridgehead atoms. The Bertz CT molecular complexity index is 744. The van der Waals surface area contributed by atoms with Crippen molar-refractivity contribution in [3.05, 3.63) is 23.8 Å². The molecule has 3 heterocycles. The number of aromatic nitrogens is 3. The molecule has 2 aromatic heterocycles. The van der Waals surface area contributed by atoms with E-state index in [1.165, 1.54) is 12.4 Å². The van der Waals surface area contributed by atoms with Crippen LogP contribution in [-0.2, 0) is 10.0 Å². The van der Waals surface area contributed by atoms with Gasteiger partial charge in [-0.2, -0.15) is 0 Å². The van der Waals surface area contributed by atoms with Crippen molar-refractivity contribution in [2.75, 3.05) is 22.7 Å². The molecule has 0 spiro atoms. The van der Waals surface area contributed by atoms with Crippen molar-refractivity contribution in [1.82, 2.24) is 15.1 Å². The number of hydrogen-bond acceptors (Lipinski definition) is 7. The molecule has 0 radical (unpaired) electrons. The zero-order valence-corrected chi connectivity index (χ0v) is 13.2. The van der Waals surface area contributed by atoms with Crippen LogP contribution < -0.4 is 9.62 Å². The van der Waals surface area contributed by atoms with Crippen LogP contribution in [-0.4, -0.2) is 36.6 Å². The van der Waals surface area contributed by atoms with Gasteiger partial charge in [0.1, 0.15) is 5.69 Å². The van der Waals surface area contributed by atoms with Crippen molar-refractivity contribution >= 4 is 21.7 Å². The summed E-state index contributed by atoms with van der Waals surface area (Å²) in [4.78, 5) is 10.6. The Labute approximate surface area is 128 Å². The van der Waals surface area contributed by atoms with E-state index in [4.69, 9.17) is 4.52 Å². The Morgan fingerprint density at radius 3 is 2.36 bits per heavy atom. The molecule has 2 aromatic rings. The molecule has 0 amide bonds. The number of rotatable bonds is 4. The third-order valence-electron chi connectivity index (χ3n) is 3.52. The molecule has 0 atom stereocenters. The predicted octanol–water partition coefficient (Wildman–Crippen LogP) is 1.48. The monoisotopic (exact) mass is 323 g/mol. The molecule has 3 rings (SSSR count). The predicted molar refractivity (Wildman–Crippen MR) is 80.3 cm³/mol. The SMILES string of the molecule is Cc1noc(C)c1S(=O)(=O)Nc1cnc(N2CCCC2)nc1. The molecule has 0 saturated carbocycles. The van der Waals surface area contributed by atoms with Crippen LogP contribution in [0.2, 0.25) is 0 Å². The molecule has 1 aliphatic rings. The van der Waals surface area contributed by atoms with E-state index in [1.54, 1.807) is 13.8 Å². The van der Waals surface area contributed by atoms with Gasteiger partial charge >= 0.3 is 0 Å². The Kier molecular flexibility index (Phi) is 3.73. The standard InChI is InChI=1S/C13H17N5O3S/c1-9-12(10(2)21-16-9)22(19,20)17-11-7-14-13(15-8-11)18-5-3-4-6-18/h7-8,17H,3-6H2,1-2H3. The van der Waals surface area contributed by atoms with Gasteiger partial charge in [-0.25, -0.2) is 18.4 Å². The Balaban J connectivity index is 1.80. The van der Waals surface area contributed by atoms with Gasteiger partial charge in [-0.1, -0.05) is 5.16 Å². The Hall–Kier alpha value is -2.16. The van der Waals surface area contributed by atoms with E-state index >= 15 is 0 Å². The minimum absolute atomic E-state index is 0.0520. The topological polar surface area (TPSA) is 101 Å². The summed E-state index contributed by atoms with van der Waals surface area (Å²) in [5.74, 6) is 0.873. The third kappa shape index (κ3) is 2.76. The van der Waals surface area contributed by atoms with E-state index in [-0.39, 0.29) is 10.7 Å². The lowest BCUT2D eigenvalue weighted by molar-refractivity contribution is 0.390. The zero-order valence-electron chi connectivity index (χ0n) is 12.4. The summed E-state index contributed by atoms with van der Waals surface area (Å²) in [7, 11) is -3.76. The van der Waals surface area contributed by atoms with Crippen molar-refractivity contribution in [3.63, 3.8) is 0 Å². The van der Waals surface area contributed by atoms with E-state index in [1.807, 2.05) is 0 Å². The Morgan fingerprint density at radius 1 is 1.18 bits per heavy atom. The van der Waals surface area contributed by atoms with Gasteiger partial charge in [-0.3, -0.25) is 4.72 Å². The zero-order chi connectivity index (χ0) is 15.7. The first-order chi connectivity index (χ1) is 10.5. The maximum atomic E-state index is 12.4. The highest BCUT2D eigenvalue weighted by atomic mass is 32.2. The summed E-state index contributed by atoms with van der Waals surface area (Å²) in [6.07, 6.45) is 5.19. The van der Waals surface area contributed by atoms with Gasteiger partial charge in [-0.05, 0) is 26.7 Å². The van der Waals surface area contributed by atoms with E-state index in [0.717, 1.165) is 25.9 Å². The molecule has 22 heavy (non-hydrogen) atoms. The van der Waals surface area contributed by atoms with Crippen molar-refractivity contribution in [2.45, 2.75) is 31.6 Å². The lowest BCUT2D eigenvalue weighted by atomic mass is 10.4. The minimum atomic E-state index is -3.76. The largest absolute Gasteiger partial charge is 0.360 e. The van der Waals surface area contributed by atoms with Crippen molar-refractivity contribution in [2.24, 2.45) is 0 Å². The highest BCUT2D eigenvalue weighted by molar-refractivity contribution is 7.92. The molecule has 118 valence electrons. The van der Waals surface area contributed by atoms with Crippen LogP contribution >= 0.6 is 0 Å². The molecule has 9 heteroatoms. The van der Waals surface area contributed by atoms with Crippen molar-refractivity contribution in [3.8, 4) is 0 Å². The molecular formula is C13H17N5O3S. The fourth-order valence-corrected chi connectivity index (χ4v) is 3.88. The van der Waals surface area contributed by atoms with E-state index in [9.17, 15) is 8.42 Å². The fourth-order valence-electron chi connectivity index (χ4n) is 2.52. The summed E-state index contributed by atoms with van der Waals surface area (Å²) < 4.78 is 32.1. The van der Waals surface area contributed by atoms with Crippen LogP contribution in [0.1, 0.15) is 24.3 Å². The van der Waals surface area contributed by atoms with Crippen LogP contribution in [0, 0.1) is 13.8 Å². The maximum Gasteiger partial charge on any atom is 0.267 e. The number of nitrogens with zero attached hydrogens (tertiary/aromatic N) is 4. The van der Waals surface area contributed by atoms with E-state index in [0.29, 0.717) is 17.3 Å². The number of nitrogens with one attached hydrogen (secondary N) is 1. The fraction of sp³-hybridized carbons (Fsp3) is 0.462. The third-order valence-corrected chi connectivity index (χ3v) is 5.14. The van der Waals surface area contributed by atoms with Gasteiger partial charge in [0.2, 0.25) is 5.95 Å². The average Bonchev–Trinajstić information content (AvgIpc) is 3.09. The molecule has 0 aromatic carbocycles. The summed E-state index contributed by atoms with van der Waals surface area (Å²) >= 11 is 0. The lowest BCUT2D eigenvalue weighted by Crippen LogP contribution is -2.20. The van der Waals surface area contributed by atoms with Crippen molar-refractivity contribution in [1.29, 1.82) is 0 Å². The van der Waals surface area contributed by atoms with Crippen LogP contribution in [0.3, 0.4) is 0 Å². The molecule has 8 nitrogen and oxygen atoms in total. The van der Waals surface area contributed by atoms with Gasteiger partial charge < -0.3 is 9.42 Å². The van der Waals surface area contributed by atoms with Crippen LogP contribution in [0.5, 0.6) is 0 Å². The minimum Gasteiger partial charge on any atom is -0.360 e. The van der Waals surface area contributed by atoms with Gasteiger partial charge in [0, 0.05) is 13.1 Å². The van der Waals surface area contributed by atoms with Gasteiger partial charge in [0.05, 0.1) is 18.1 Å². The second kappa shape index (κ2) is 5.56. The number of anilines is 2. The van der Waals surface area contributed by atoms with E-state index in [2.05, 4.69) is 24.7 Å². The maximum absolute atomic E-state index is 12.4. The molecule has 1 saturated heterocycles. The molecule has 1 fully saturated rings. The normalized spacial score (nSPS) is 15.3. The second-order valence-corrected chi connectivity index (χ2v) is 6.84. The smallest absolute Gasteiger partial charge is 0.267 e. The highest BCUT2D eigenvalue weighted by Gasteiger charge is 2.24. The summed E-state index contributed by atoms with van der Waals surface area (Å²) in [6, 6.07) is 0. The van der Waals surface area contributed by atoms with Gasteiger partial charge in [0.15, 0.2) is 10.7 Å². The quantitative estimate of drug-likeness (QED) is 0.909.